The van der Waals surface area contributed by atoms with Crippen LogP contribution < -0.4 is 10.4 Å². The van der Waals surface area contributed by atoms with Crippen molar-refractivity contribution in [1.29, 1.82) is 0 Å². The molecule has 0 spiro atoms. The van der Waals surface area contributed by atoms with Crippen LogP contribution in [0.4, 0.5) is 0 Å². The highest BCUT2D eigenvalue weighted by atomic mass is 16.5. The van der Waals surface area contributed by atoms with E-state index in [9.17, 15) is 14.7 Å². The lowest BCUT2D eigenvalue weighted by Crippen LogP contribution is -2.27. The summed E-state index contributed by atoms with van der Waals surface area (Å²) in [5.41, 5.74) is 0.674. The van der Waals surface area contributed by atoms with E-state index in [2.05, 4.69) is 6.92 Å². The SMILES string of the molecule is CCCCC1CC(=O)c2c(Cc3cc(O)cc(=O)o3)cccc2O1.CO. The third kappa shape index (κ3) is 4.73. The Balaban J connectivity index is 0.00000117. The van der Waals surface area contributed by atoms with Crippen molar-refractivity contribution in [2.24, 2.45) is 0 Å². The zero-order chi connectivity index (χ0) is 19.1. The molecule has 2 heterocycles. The molecule has 6 heteroatoms. The van der Waals surface area contributed by atoms with E-state index in [-0.39, 0.29) is 24.1 Å². The van der Waals surface area contributed by atoms with Gasteiger partial charge >= 0.3 is 5.63 Å². The van der Waals surface area contributed by atoms with Crippen molar-refractivity contribution in [2.75, 3.05) is 7.11 Å². The molecule has 1 aromatic heterocycles. The molecule has 0 saturated carbocycles. The van der Waals surface area contributed by atoms with E-state index in [1.165, 1.54) is 6.07 Å². The number of benzene rings is 1. The molecule has 2 aromatic rings. The molecular weight excluding hydrogens is 336 g/mol. The number of aliphatic hydroxyl groups is 1. The van der Waals surface area contributed by atoms with Crippen LogP contribution in [-0.2, 0) is 6.42 Å². The molecule has 3 rings (SSSR count). The van der Waals surface area contributed by atoms with Gasteiger partial charge in [-0.05, 0) is 18.1 Å². The van der Waals surface area contributed by atoms with Gasteiger partial charge in [-0.15, -0.1) is 0 Å². The van der Waals surface area contributed by atoms with Crippen LogP contribution in [0.2, 0.25) is 0 Å². The van der Waals surface area contributed by atoms with Gasteiger partial charge in [-0.2, -0.15) is 0 Å². The number of fused-ring (bicyclic) bond motifs is 1. The average Bonchev–Trinajstić information content (AvgIpc) is 2.60. The van der Waals surface area contributed by atoms with E-state index in [4.69, 9.17) is 14.3 Å². The molecule has 0 aliphatic carbocycles. The summed E-state index contributed by atoms with van der Waals surface area (Å²) >= 11 is 0. The Morgan fingerprint density at radius 2 is 1.96 bits per heavy atom. The maximum absolute atomic E-state index is 12.6. The number of hydrogen-bond donors (Lipinski definition) is 2. The number of aliphatic hydroxyl groups excluding tert-OH is 1. The highest BCUT2D eigenvalue weighted by molar-refractivity contribution is 6.01. The first-order valence-electron chi connectivity index (χ1n) is 8.66. The monoisotopic (exact) mass is 360 g/mol. The van der Waals surface area contributed by atoms with Crippen molar-refractivity contribution in [2.45, 2.75) is 45.1 Å². The van der Waals surface area contributed by atoms with Crippen LogP contribution in [0.25, 0.3) is 0 Å². The smallest absolute Gasteiger partial charge is 0.339 e. The van der Waals surface area contributed by atoms with E-state index >= 15 is 0 Å². The minimum atomic E-state index is -0.614. The molecule has 1 aromatic carbocycles. The summed E-state index contributed by atoms with van der Waals surface area (Å²) in [5.74, 6) is 0.811. The number of carbonyl (C=O) groups excluding carboxylic acids is 1. The van der Waals surface area contributed by atoms with Crippen molar-refractivity contribution in [1.82, 2.24) is 0 Å². The molecule has 1 unspecified atom stereocenters. The lowest BCUT2D eigenvalue weighted by atomic mass is 9.92. The first-order chi connectivity index (χ1) is 12.6. The molecule has 1 aliphatic rings. The predicted octanol–water partition coefficient (Wildman–Crippen LogP) is 3.07. The number of carbonyl (C=O) groups is 1. The zero-order valence-corrected chi connectivity index (χ0v) is 15.0. The normalized spacial score (nSPS) is 15.5. The van der Waals surface area contributed by atoms with Gasteiger partial charge < -0.3 is 19.4 Å². The molecular formula is C20H24O6. The minimum absolute atomic E-state index is 0.0513. The molecule has 0 amide bonds. The van der Waals surface area contributed by atoms with Gasteiger partial charge in [0.15, 0.2) is 5.78 Å². The fourth-order valence-electron chi connectivity index (χ4n) is 3.05. The number of ether oxygens (including phenoxy) is 1. The first-order valence-corrected chi connectivity index (χ1v) is 8.66. The number of ketones is 1. The second-order valence-corrected chi connectivity index (χ2v) is 6.08. The maximum Gasteiger partial charge on any atom is 0.339 e. The Kier molecular flexibility index (Phi) is 6.97. The molecule has 140 valence electrons. The van der Waals surface area contributed by atoms with E-state index in [1.807, 2.05) is 12.1 Å². The van der Waals surface area contributed by atoms with Gasteiger partial charge in [-0.25, -0.2) is 4.79 Å². The van der Waals surface area contributed by atoms with Crippen LogP contribution in [0.15, 0.2) is 39.5 Å². The summed E-state index contributed by atoms with van der Waals surface area (Å²) in [6, 6.07) is 7.84. The number of hydrogen-bond acceptors (Lipinski definition) is 6. The molecule has 0 fully saturated rings. The zero-order valence-electron chi connectivity index (χ0n) is 15.0. The van der Waals surface area contributed by atoms with E-state index < -0.39 is 5.63 Å². The minimum Gasteiger partial charge on any atom is -0.508 e. The van der Waals surface area contributed by atoms with Gasteiger partial charge in [0.05, 0.1) is 11.6 Å². The van der Waals surface area contributed by atoms with Crippen molar-refractivity contribution >= 4 is 5.78 Å². The Bertz CT molecular complexity index is 808. The number of rotatable bonds is 5. The Morgan fingerprint density at radius 3 is 2.65 bits per heavy atom. The van der Waals surface area contributed by atoms with Crippen molar-refractivity contribution in [3.63, 3.8) is 0 Å². The van der Waals surface area contributed by atoms with Gasteiger partial charge in [-0.3, -0.25) is 4.79 Å². The van der Waals surface area contributed by atoms with Gasteiger partial charge in [0.2, 0.25) is 0 Å². The summed E-state index contributed by atoms with van der Waals surface area (Å²) < 4.78 is 11.1. The second-order valence-electron chi connectivity index (χ2n) is 6.08. The molecule has 1 aliphatic heterocycles. The van der Waals surface area contributed by atoms with Gasteiger partial charge in [0.25, 0.3) is 0 Å². The Labute approximate surface area is 152 Å². The molecule has 1 atom stereocenters. The van der Waals surface area contributed by atoms with Crippen LogP contribution in [-0.4, -0.2) is 29.2 Å². The Morgan fingerprint density at radius 1 is 1.19 bits per heavy atom. The summed E-state index contributed by atoms with van der Waals surface area (Å²) in [6.45, 7) is 2.11. The van der Waals surface area contributed by atoms with Crippen LogP contribution in [0.5, 0.6) is 11.5 Å². The average molecular weight is 360 g/mol. The Hall–Kier alpha value is -2.60. The third-order valence-corrected chi connectivity index (χ3v) is 4.15. The van der Waals surface area contributed by atoms with Crippen molar-refractivity contribution in [3.8, 4) is 11.5 Å². The second kappa shape index (κ2) is 9.20. The van der Waals surface area contributed by atoms with Gasteiger partial charge in [-0.1, -0.05) is 31.9 Å². The fourth-order valence-corrected chi connectivity index (χ4v) is 3.05. The third-order valence-electron chi connectivity index (χ3n) is 4.15. The summed E-state index contributed by atoms with van der Waals surface area (Å²) in [4.78, 5) is 24.0. The standard InChI is InChI=1S/C19H20O5.CH4O/c1-2-3-6-14-11-16(21)19-12(5-4-7-17(19)23-14)8-15-9-13(20)10-18(22)24-15;1-2/h4-5,7,9-10,14,20H,2-3,6,8,11H2,1H3;2H,1H3. The van der Waals surface area contributed by atoms with Crippen molar-refractivity contribution in [3.05, 3.63) is 57.6 Å². The predicted molar refractivity (Wildman–Crippen MR) is 96.9 cm³/mol. The van der Waals surface area contributed by atoms with E-state index in [1.54, 1.807) is 6.07 Å². The number of Topliss-reactive ketones (excluding diaryl/α,β-unsaturated/α-hetero) is 1. The highest BCUT2D eigenvalue weighted by Crippen LogP contribution is 2.33. The van der Waals surface area contributed by atoms with Gasteiger partial charge in [0.1, 0.15) is 23.4 Å². The molecule has 0 bridgehead atoms. The van der Waals surface area contributed by atoms with Crippen LogP contribution >= 0.6 is 0 Å². The van der Waals surface area contributed by atoms with E-state index in [0.717, 1.165) is 38.0 Å². The lowest BCUT2D eigenvalue weighted by Gasteiger charge is -2.26. The quantitative estimate of drug-likeness (QED) is 0.850. The van der Waals surface area contributed by atoms with Gasteiger partial charge in [0, 0.05) is 26.0 Å². The highest BCUT2D eigenvalue weighted by Gasteiger charge is 2.28. The number of aromatic hydroxyl groups is 1. The molecule has 2 N–H and O–H groups in total. The van der Waals surface area contributed by atoms with Crippen LogP contribution in [0.1, 0.15) is 54.3 Å². The molecule has 26 heavy (non-hydrogen) atoms. The van der Waals surface area contributed by atoms with Crippen molar-refractivity contribution < 1.29 is 24.2 Å². The largest absolute Gasteiger partial charge is 0.508 e. The summed E-state index contributed by atoms with van der Waals surface area (Å²) in [7, 11) is 1.00. The first kappa shape index (κ1) is 19.7. The molecule has 0 radical (unpaired) electrons. The maximum atomic E-state index is 12.6. The van der Waals surface area contributed by atoms with Crippen LogP contribution in [0.3, 0.4) is 0 Å². The lowest BCUT2D eigenvalue weighted by molar-refractivity contribution is 0.0834. The number of unbranched alkanes of at least 4 members (excludes halogenated alkanes) is 1. The van der Waals surface area contributed by atoms with Crippen LogP contribution in [0, 0.1) is 0 Å². The van der Waals surface area contributed by atoms with E-state index in [0.29, 0.717) is 23.5 Å². The molecule has 6 nitrogen and oxygen atoms in total. The summed E-state index contributed by atoms with van der Waals surface area (Å²) in [5, 5.41) is 16.5. The fraction of sp³-hybridized carbons (Fsp3) is 0.400. The molecule has 0 saturated heterocycles. The topological polar surface area (TPSA) is 97.0 Å². The summed E-state index contributed by atoms with van der Waals surface area (Å²) in [6.07, 6.45) is 3.51.